The van der Waals surface area contributed by atoms with E-state index in [9.17, 15) is 4.79 Å². The molecule has 0 saturated carbocycles. The van der Waals surface area contributed by atoms with Gasteiger partial charge >= 0.3 is 0 Å². The van der Waals surface area contributed by atoms with E-state index in [0.717, 1.165) is 29.8 Å². The molecule has 1 amide bonds. The summed E-state index contributed by atoms with van der Waals surface area (Å²) in [7, 11) is 0. The third-order valence-electron chi connectivity index (χ3n) is 6.27. The topological polar surface area (TPSA) is 118 Å². The van der Waals surface area contributed by atoms with Gasteiger partial charge in [0.1, 0.15) is 11.4 Å². The molecule has 33 heavy (non-hydrogen) atoms. The molecule has 2 N–H and O–H groups in total. The van der Waals surface area contributed by atoms with Crippen LogP contribution in [-0.2, 0) is 32.4 Å². The second kappa shape index (κ2) is 8.12. The number of imidazole rings is 1. The van der Waals surface area contributed by atoms with Gasteiger partial charge in [0.05, 0.1) is 24.8 Å². The van der Waals surface area contributed by atoms with Gasteiger partial charge in [-0.05, 0) is 24.0 Å². The highest BCUT2D eigenvalue weighted by Crippen LogP contribution is 2.25. The highest BCUT2D eigenvalue weighted by molar-refractivity contribution is 5.92. The Bertz CT molecular complexity index is 1270. The first-order valence-electron chi connectivity index (χ1n) is 11.0. The molecule has 0 atom stereocenters. The minimum atomic E-state index is -0.0922. The van der Waals surface area contributed by atoms with Crippen LogP contribution < -0.4 is 5.32 Å². The Hall–Kier alpha value is -4.08. The number of amides is 1. The Morgan fingerprint density at radius 2 is 1.97 bits per heavy atom. The first-order chi connectivity index (χ1) is 16.2. The summed E-state index contributed by atoms with van der Waals surface area (Å²) in [6, 6.07) is 8.87. The van der Waals surface area contributed by atoms with Crippen LogP contribution in [0.15, 0.2) is 49.2 Å². The summed E-state index contributed by atoms with van der Waals surface area (Å²) in [6.07, 6.45) is 9.55. The van der Waals surface area contributed by atoms with Crippen molar-refractivity contribution in [1.29, 1.82) is 0 Å². The molecular weight excluding hydrogens is 418 g/mol. The molecule has 6 rings (SSSR count). The molecule has 166 valence electrons. The van der Waals surface area contributed by atoms with E-state index in [4.69, 9.17) is 4.98 Å². The lowest BCUT2D eigenvalue weighted by atomic mass is 10.1. The standard InChI is InChI=1S/C23H23N9O/c33-22(21-13-31(14-25-21)12-19-10-26-30-29-19)32-6-5-20-17(11-32)9-24-23(28-20)27-18-7-15-3-1-2-4-16(15)8-18/h1-4,9-10,13-14,18H,5-8,11-12H2,(H,24,27,28)(H,26,29,30). The lowest BCUT2D eigenvalue weighted by Gasteiger charge is -2.27. The maximum atomic E-state index is 13.0. The number of anilines is 1. The van der Waals surface area contributed by atoms with Crippen molar-refractivity contribution in [2.45, 2.75) is 38.4 Å². The Kier molecular flexibility index (Phi) is 4.82. The number of hydrogen-bond acceptors (Lipinski definition) is 7. The Labute approximate surface area is 190 Å². The van der Waals surface area contributed by atoms with Gasteiger partial charge in [0.25, 0.3) is 5.91 Å². The number of nitrogens with zero attached hydrogens (tertiary/aromatic N) is 7. The number of aromatic nitrogens is 7. The fourth-order valence-corrected chi connectivity index (χ4v) is 4.61. The van der Waals surface area contributed by atoms with E-state index < -0.39 is 0 Å². The predicted molar refractivity (Wildman–Crippen MR) is 119 cm³/mol. The SMILES string of the molecule is O=C(c1cn(Cc2cn[nH]n2)cn1)N1CCc2nc(NC3Cc4ccccc4C3)ncc2C1. The molecule has 0 spiro atoms. The molecule has 0 fully saturated rings. The molecular formula is C23H23N9O. The van der Waals surface area contributed by atoms with Crippen LogP contribution in [0.3, 0.4) is 0 Å². The van der Waals surface area contributed by atoms with Gasteiger partial charge in [0.2, 0.25) is 5.95 Å². The number of carbonyl (C=O) groups excluding carboxylic acids is 1. The van der Waals surface area contributed by atoms with Crippen molar-refractivity contribution < 1.29 is 4.79 Å². The third kappa shape index (κ3) is 3.95. The molecule has 4 aromatic rings. The van der Waals surface area contributed by atoms with E-state index >= 15 is 0 Å². The molecule has 1 aliphatic heterocycles. The summed E-state index contributed by atoms with van der Waals surface area (Å²) in [4.78, 5) is 28.4. The summed E-state index contributed by atoms with van der Waals surface area (Å²) < 4.78 is 1.82. The average molecular weight is 441 g/mol. The van der Waals surface area contributed by atoms with Crippen LogP contribution in [0.4, 0.5) is 5.95 Å². The second-order valence-electron chi connectivity index (χ2n) is 8.55. The zero-order valence-corrected chi connectivity index (χ0v) is 18.0. The minimum absolute atomic E-state index is 0.0922. The number of nitrogens with one attached hydrogen (secondary N) is 2. The van der Waals surface area contributed by atoms with E-state index in [1.54, 1.807) is 23.6 Å². The number of hydrogen-bond donors (Lipinski definition) is 2. The van der Waals surface area contributed by atoms with Crippen molar-refractivity contribution in [1.82, 2.24) is 39.8 Å². The van der Waals surface area contributed by atoms with Crippen LogP contribution in [0, 0.1) is 0 Å². The summed E-state index contributed by atoms with van der Waals surface area (Å²) in [6.45, 7) is 1.60. The van der Waals surface area contributed by atoms with Crippen molar-refractivity contribution in [2.24, 2.45) is 0 Å². The molecule has 0 radical (unpaired) electrons. The van der Waals surface area contributed by atoms with E-state index in [1.165, 1.54) is 11.1 Å². The molecule has 3 aromatic heterocycles. The van der Waals surface area contributed by atoms with Gasteiger partial charge in [0.15, 0.2) is 0 Å². The van der Waals surface area contributed by atoms with E-state index in [2.05, 4.69) is 55.0 Å². The number of benzene rings is 1. The Morgan fingerprint density at radius 1 is 1.12 bits per heavy atom. The third-order valence-corrected chi connectivity index (χ3v) is 6.27. The molecule has 1 aliphatic carbocycles. The zero-order chi connectivity index (χ0) is 22.2. The highest BCUT2D eigenvalue weighted by atomic mass is 16.2. The molecule has 0 saturated heterocycles. The van der Waals surface area contributed by atoms with E-state index in [1.807, 2.05) is 10.8 Å². The van der Waals surface area contributed by atoms with Crippen LogP contribution in [0.1, 0.15) is 38.6 Å². The molecule has 10 heteroatoms. The maximum Gasteiger partial charge on any atom is 0.274 e. The van der Waals surface area contributed by atoms with Gasteiger partial charge in [-0.2, -0.15) is 15.4 Å². The monoisotopic (exact) mass is 441 g/mol. The second-order valence-corrected chi connectivity index (χ2v) is 8.55. The van der Waals surface area contributed by atoms with Crippen LogP contribution in [-0.4, -0.2) is 58.3 Å². The van der Waals surface area contributed by atoms with E-state index in [-0.39, 0.29) is 5.91 Å². The molecule has 0 unspecified atom stereocenters. The Balaban J connectivity index is 1.10. The fourth-order valence-electron chi connectivity index (χ4n) is 4.61. The quantitative estimate of drug-likeness (QED) is 0.483. The number of carbonyl (C=O) groups is 1. The first kappa shape index (κ1) is 19.6. The number of H-pyrrole nitrogens is 1. The van der Waals surface area contributed by atoms with E-state index in [0.29, 0.717) is 43.7 Å². The lowest BCUT2D eigenvalue weighted by Crippen LogP contribution is -2.37. The fraction of sp³-hybridized carbons (Fsp3) is 0.304. The van der Waals surface area contributed by atoms with Gasteiger partial charge in [-0.25, -0.2) is 15.0 Å². The normalized spacial score (nSPS) is 15.3. The van der Waals surface area contributed by atoms with Gasteiger partial charge in [-0.15, -0.1) is 0 Å². The van der Waals surface area contributed by atoms with Gasteiger partial charge < -0.3 is 14.8 Å². The van der Waals surface area contributed by atoms with Crippen molar-refractivity contribution in [2.75, 3.05) is 11.9 Å². The van der Waals surface area contributed by atoms with Crippen LogP contribution in [0.25, 0.3) is 0 Å². The minimum Gasteiger partial charge on any atom is -0.351 e. The molecule has 4 heterocycles. The van der Waals surface area contributed by atoms with Crippen molar-refractivity contribution >= 4 is 11.9 Å². The van der Waals surface area contributed by atoms with Crippen molar-refractivity contribution in [3.05, 3.63) is 83.0 Å². The highest BCUT2D eigenvalue weighted by Gasteiger charge is 2.26. The molecule has 1 aromatic carbocycles. The molecule has 0 bridgehead atoms. The summed E-state index contributed by atoms with van der Waals surface area (Å²) in [5.74, 6) is 0.573. The smallest absolute Gasteiger partial charge is 0.274 e. The maximum absolute atomic E-state index is 13.0. The van der Waals surface area contributed by atoms with Crippen LogP contribution in [0.5, 0.6) is 0 Å². The number of aromatic amines is 1. The van der Waals surface area contributed by atoms with Crippen molar-refractivity contribution in [3.8, 4) is 0 Å². The van der Waals surface area contributed by atoms with Gasteiger partial charge in [0, 0.05) is 43.5 Å². The van der Waals surface area contributed by atoms with Crippen LogP contribution in [0.2, 0.25) is 0 Å². The lowest BCUT2D eigenvalue weighted by molar-refractivity contribution is 0.0728. The predicted octanol–water partition coefficient (Wildman–Crippen LogP) is 1.62. The zero-order valence-electron chi connectivity index (χ0n) is 18.0. The summed E-state index contributed by atoms with van der Waals surface area (Å²) >= 11 is 0. The van der Waals surface area contributed by atoms with Gasteiger partial charge in [-0.1, -0.05) is 24.3 Å². The number of fused-ring (bicyclic) bond motifs is 2. The summed E-state index contributed by atoms with van der Waals surface area (Å²) in [5, 5.41) is 13.9. The van der Waals surface area contributed by atoms with Gasteiger partial charge in [-0.3, -0.25) is 4.79 Å². The molecule has 10 nitrogen and oxygen atoms in total. The first-order valence-corrected chi connectivity index (χ1v) is 11.0. The molecule has 2 aliphatic rings. The average Bonchev–Trinajstić information content (AvgIpc) is 3.59. The van der Waals surface area contributed by atoms with Crippen LogP contribution >= 0.6 is 0 Å². The van der Waals surface area contributed by atoms with Crippen molar-refractivity contribution in [3.63, 3.8) is 0 Å². The summed E-state index contributed by atoms with van der Waals surface area (Å²) in [5.41, 5.74) is 5.97. The Morgan fingerprint density at radius 3 is 2.76 bits per heavy atom. The number of rotatable bonds is 5. The largest absolute Gasteiger partial charge is 0.351 e.